The molecule has 14 nitrogen and oxygen atoms in total. The maximum Gasteiger partial charge on any atom is 0.303 e. The van der Waals surface area contributed by atoms with E-state index in [0.29, 0.717) is 19.5 Å². The van der Waals surface area contributed by atoms with Gasteiger partial charge in [-0.3, -0.25) is 19.2 Å². The Kier molecular flexibility index (Phi) is 13.5. The second kappa shape index (κ2) is 17.9. The highest BCUT2D eigenvalue weighted by molar-refractivity contribution is 7.85. The van der Waals surface area contributed by atoms with Crippen LogP contribution in [-0.2, 0) is 41.8 Å². The molecule has 1 aliphatic carbocycles. The van der Waals surface area contributed by atoms with Crippen LogP contribution < -0.4 is 30.3 Å². The molecule has 0 saturated carbocycles. The van der Waals surface area contributed by atoms with Gasteiger partial charge in [0.05, 0.1) is 53.8 Å². The monoisotopic (exact) mass is 807 g/mol. The number of unbranched alkanes of at least 4 members (excludes halogenated alkanes) is 2. The maximum absolute atomic E-state index is 14.0. The summed E-state index contributed by atoms with van der Waals surface area (Å²) in [5.74, 6) is -3.31. The number of benzene rings is 2. The van der Waals surface area contributed by atoms with Crippen molar-refractivity contribution < 1.29 is 46.7 Å². The lowest BCUT2D eigenvalue weighted by atomic mass is 9.79. The summed E-state index contributed by atoms with van der Waals surface area (Å²) in [6.45, 7) is 5.89. The van der Waals surface area contributed by atoms with Crippen LogP contribution in [0.15, 0.2) is 77.1 Å². The number of Topliss-reactive ketones (excluding diaryl/α,β-unsaturated/α-hetero) is 1. The van der Waals surface area contributed by atoms with Gasteiger partial charge in [0.25, 0.3) is 5.01 Å². The number of ketones is 1. The Morgan fingerprint density at radius 3 is 2.41 bits per heavy atom. The summed E-state index contributed by atoms with van der Waals surface area (Å²) in [6.07, 6.45) is 5.87. The van der Waals surface area contributed by atoms with Crippen molar-refractivity contribution in [3.63, 3.8) is 0 Å². The number of nitrogens with zero attached hydrogens (tertiary/aromatic N) is 2. The molecule has 0 saturated heterocycles. The molecule has 2 amide bonds. The first-order valence-corrected chi connectivity index (χ1v) is 21.1. The van der Waals surface area contributed by atoms with E-state index in [-0.39, 0.29) is 47.9 Å². The molecule has 2 heterocycles. The zero-order chi connectivity index (χ0) is 40.8. The van der Waals surface area contributed by atoms with Crippen molar-refractivity contribution in [1.82, 2.24) is 16.0 Å². The van der Waals surface area contributed by atoms with Gasteiger partial charge in [-0.2, -0.15) is 4.57 Å². The van der Waals surface area contributed by atoms with Crippen molar-refractivity contribution in [3.8, 4) is 0 Å². The van der Waals surface area contributed by atoms with Gasteiger partial charge in [0.15, 0.2) is 5.78 Å². The van der Waals surface area contributed by atoms with Crippen LogP contribution in [0, 0.1) is 0 Å². The smallest absolute Gasteiger partial charge is 0.303 e. The van der Waals surface area contributed by atoms with Gasteiger partial charge in [-0.15, -0.1) is 0 Å². The van der Waals surface area contributed by atoms with E-state index in [1.807, 2.05) is 79.1 Å². The number of fused-ring (bicyclic) bond motifs is 2. The zero-order valence-electron chi connectivity index (χ0n) is 32.4. The fourth-order valence-electron chi connectivity index (χ4n) is 7.14. The second-order valence-electron chi connectivity index (χ2n) is 14.8. The molecule has 16 heteroatoms. The van der Waals surface area contributed by atoms with Crippen LogP contribution in [0.25, 0.3) is 16.3 Å². The number of likely N-dealkylation sites (N-methyl/N-ethyl adjacent to an activating group) is 2. The SMILES string of the molecule is CN1/C(=C/C2=C(NC(CS(=O)(=O)[O-])C(=O)NCCC(=O)NCC[NH+](C)CCCCCC(=O)O)C(=C/c3sc4ccccc4[n+]3C)/C2=O)C(C)(C)c2ccccc21. The summed E-state index contributed by atoms with van der Waals surface area (Å²) >= 11 is 1.47. The lowest BCUT2D eigenvalue weighted by Crippen LogP contribution is -3.09. The van der Waals surface area contributed by atoms with Crippen LogP contribution in [0.3, 0.4) is 0 Å². The van der Waals surface area contributed by atoms with E-state index in [0.717, 1.165) is 51.6 Å². The molecule has 2 atom stereocenters. The molecule has 300 valence electrons. The van der Waals surface area contributed by atoms with Gasteiger partial charge >= 0.3 is 5.97 Å². The van der Waals surface area contributed by atoms with Crippen molar-refractivity contribution in [3.05, 3.63) is 87.7 Å². The molecule has 1 aliphatic heterocycles. The van der Waals surface area contributed by atoms with E-state index in [9.17, 15) is 32.1 Å². The summed E-state index contributed by atoms with van der Waals surface area (Å²) < 4.78 is 39.3. The molecule has 56 heavy (non-hydrogen) atoms. The van der Waals surface area contributed by atoms with Crippen molar-refractivity contribution in [2.75, 3.05) is 50.9 Å². The minimum atomic E-state index is -4.92. The molecule has 0 fully saturated rings. The molecule has 0 spiro atoms. The van der Waals surface area contributed by atoms with Gasteiger partial charge < -0.3 is 35.4 Å². The quantitative estimate of drug-likeness (QED) is 0.0514. The number of thiazole rings is 1. The highest BCUT2D eigenvalue weighted by atomic mass is 32.2. The average Bonchev–Trinajstić information content (AvgIpc) is 3.55. The number of nitrogens with one attached hydrogen (secondary N) is 4. The largest absolute Gasteiger partial charge is 0.748 e. The first-order valence-electron chi connectivity index (χ1n) is 18.7. The Bertz CT molecular complexity index is 2210. The van der Waals surface area contributed by atoms with Gasteiger partial charge in [-0.05, 0) is 43.0 Å². The molecule has 3 aromatic rings. The number of hydrogen-bond donors (Lipinski definition) is 5. The van der Waals surface area contributed by atoms with Crippen LogP contribution in [0.1, 0.15) is 56.5 Å². The predicted octanol–water partition coefficient (Wildman–Crippen LogP) is 1.54. The van der Waals surface area contributed by atoms with Crippen LogP contribution in [0.5, 0.6) is 0 Å². The third-order valence-corrected chi connectivity index (χ3v) is 12.2. The van der Waals surface area contributed by atoms with Crippen molar-refractivity contribution in [2.24, 2.45) is 7.05 Å². The number of aliphatic carboxylic acids is 1. The summed E-state index contributed by atoms with van der Waals surface area (Å²) in [5, 5.41) is 17.9. The van der Waals surface area contributed by atoms with E-state index in [1.54, 1.807) is 12.2 Å². The van der Waals surface area contributed by atoms with Crippen LogP contribution >= 0.6 is 11.3 Å². The third-order valence-electron chi connectivity index (χ3n) is 10.3. The number of rotatable bonds is 19. The van der Waals surface area contributed by atoms with Crippen molar-refractivity contribution in [1.29, 1.82) is 0 Å². The highest BCUT2D eigenvalue weighted by Crippen LogP contribution is 2.48. The number of amides is 2. The third kappa shape index (κ3) is 10.1. The number of aryl methyl sites for hydroxylation is 1. The Balaban J connectivity index is 1.33. The number of carboxylic acid groups (broad SMARTS) is 1. The minimum Gasteiger partial charge on any atom is -0.748 e. The number of allylic oxidation sites excluding steroid dienone is 4. The summed E-state index contributed by atoms with van der Waals surface area (Å²) in [6, 6.07) is 14.1. The highest BCUT2D eigenvalue weighted by Gasteiger charge is 2.42. The minimum absolute atomic E-state index is 0.0785. The zero-order valence-corrected chi connectivity index (χ0v) is 34.1. The molecule has 2 aliphatic rings. The van der Waals surface area contributed by atoms with Crippen molar-refractivity contribution >= 4 is 67.0 Å². The summed E-state index contributed by atoms with van der Waals surface area (Å²) in [4.78, 5) is 54.0. The first kappa shape index (κ1) is 42.2. The summed E-state index contributed by atoms with van der Waals surface area (Å²) in [7, 11) is 0.854. The number of carbonyl (C=O) groups excluding carboxylic acids is 3. The number of anilines is 1. The molecule has 2 unspecified atom stereocenters. The lowest BCUT2D eigenvalue weighted by molar-refractivity contribution is -0.878. The van der Waals surface area contributed by atoms with Gasteiger partial charge in [-0.1, -0.05) is 55.5 Å². The van der Waals surface area contributed by atoms with Crippen molar-refractivity contribution in [2.45, 2.75) is 57.4 Å². The standard InChI is InChI=1S/C40H50N6O8S2/c1-40(2)28-13-8-9-14-30(28)45(4)33(40)23-26-37(27(38(26)50)24-35-46(5)31-15-10-11-16-32(31)55-35)43-29(25-56(52,53)54)39(51)42-19-18-34(47)41-20-22-44(3)21-12-6-7-17-36(48)49/h8-11,13-16,23-24,29H,6-7,12,17-22,25H2,1-5H3,(H4-,41,42,43,47,48,49,50,51,52,53,54)/p+1. The lowest BCUT2D eigenvalue weighted by Gasteiger charge is -2.31. The number of carboxylic acids is 1. The normalized spacial score (nSPS) is 17.5. The fraction of sp³-hybridized carbons (Fsp3) is 0.425. The maximum atomic E-state index is 14.0. The molecule has 0 bridgehead atoms. The van der Waals surface area contributed by atoms with Gasteiger partial charge in [0.2, 0.25) is 17.3 Å². The molecule has 1 aromatic heterocycles. The Morgan fingerprint density at radius 1 is 1.00 bits per heavy atom. The second-order valence-corrected chi connectivity index (χ2v) is 17.4. The number of carbonyl (C=O) groups is 4. The Morgan fingerprint density at radius 2 is 1.71 bits per heavy atom. The molecule has 0 radical (unpaired) electrons. The molecular formula is C40H51N6O8S2+. The van der Waals surface area contributed by atoms with E-state index in [4.69, 9.17) is 5.11 Å². The first-order chi connectivity index (χ1) is 26.5. The number of hydrogen-bond acceptors (Lipinski definition) is 10. The Hall–Kier alpha value is -4.90. The van der Waals surface area contributed by atoms with Crippen LogP contribution in [-0.4, -0.2) is 93.7 Å². The number of aromatic nitrogens is 1. The van der Waals surface area contributed by atoms with Crippen LogP contribution in [0.4, 0.5) is 5.69 Å². The van der Waals surface area contributed by atoms with E-state index >= 15 is 0 Å². The van der Waals surface area contributed by atoms with E-state index in [2.05, 4.69) is 29.8 Å². The molecular weight excluding hydrogens is 757 g/mol. The molecule has 5 rings (SSSR count). The topological polar surface area (TPSA) is 193 Å². The predicted molar refractivity (Wildman–Crippen MR) is 214 cm³/mol. The van der Waals surface area contributed by atoms with Gasteiger partial charge in [0, 0.05) is 60.9 Å². The molecule has 5 N–H and O–H groups in total. The van der Waals surface area contributed by atoms with E-state index in [1.165, 1.54) is 16.2 Å². The van der Waals surface area contributed by atoms with Crippen LogP contribution in [0.2, 0.25) is 0 Å². The van der Waals surface area contributed by atoms with Gasteiger partial charge in [-0.25, -0.2) is 8.42 Å². The fourth-order valence-corrected chi connectivity index (χ4v) is 8.88. The number of quaternary nitrogens is 1. The number of para-hydroxylation sites is 2. The average molecular weight is 808 g/mol. The molecule has 2 aromatic carbocycles. The Labute approximate surface area is 331 Å². The van der Waals surface area contributed by atoms with Gasteiger partial charge in [0.1, 0.15) is 17.8 Å². The summed E-state index contributed by atoms with van der Waals surface area (Å²) in [5.41, 5.74) is 4.07. The van der Waals surface area contributed by atoms with E-state index < -0.39 is 39.2 Å².